The predicted octanol–water partition coefficient (Wildman–Crippen LogP) is 3.58. The molecular weight excluding hydrogens is 172 g/mol. The lowest BCUT2D eigenvalue weighted by Gasteiger charge is -2.00. The van der Waals surface area contributed by atoms with Crippen LogP contribution in [0.4, 0.5) is 11.4 Å². The summed E-state index contributed by atoms with van der Waals surface area (Å²) in [6.07, 6.45) is 0.883. The fourth-order valence-electron chi connectivity index (χ4n) is 1.68. The average molecular weight is 186 g/mol. The summed E-state index contributed by atoms with van der Waals surface area (Å²) in [5, 5.41) is 0. The summed E-state index contributed by atoms with van der Waals surface area (Å²) < 4.78 is 0. The highest BCUT2D eigenvalue weighted by molar-refractivity contribution is 6.06. The molecule has 1 aliphatic rings. The smallest absolute Gasteiger partial charge is 0.0888 e. The van der Waals surface area contributed by atoms with Crippen molar-refractivity contribution in [3.8, 4) is 0 Å². The normalized spacial score (nSPS) is 15.4. The minimum atomic E-state index is 0.883. The molecular formula is C12H14N2. The first-order valence-corrected chi connectivity index (χ1v) is 4.84. The number of benzene rings is 1. The van der Waals surface area contributed by atoms with E-state index in [1.807, 2.05) is 13.0 Å². The van der Waals surface area contributed by atoms with Crippen molar-refractivity contribution in [3.05, 3.63) is 23.8 Å². The van der Waals surface area contributed by atoms with Gasteiger partial charge in [-0.05, 0) is 38.5 Å². The van der Waals surface area contributed by atoms with E-state index >= 15 is 0 Å². The molecule has 0 saturated heterocycles. The maximum atomic E-state index is 4.55. The van der Waals surface area contributed by atoms with Crippen LogP contribution in [-0.4, -0.2) is 11.4 Å². The molecule has 0 unspecified atom stereocenters. The molecule has 2 rings (SSSR count). The van der Waals surface area contributed by atoms with Crippen molar-refractivity contribution in [1.82, 2.24) is 0 Å². The molecule has 1 aromatic carbocycles. The van der Waals surface area contributed by atoms with Crippen LogP contribution in [0.3, 0.4) is 0 Å². The van der Waals surface area contributed by atoms with Crippen LogP contribution >= 0.6 is 0 Å². The van der Waals surface area contributed by atoms with Gasteiger partial charge in [-0.3, -0.25) is 9.98 Å². The molecule has 14 heavy (non-hydrogen) atoms. The van der Waals surface area contributed by atoms with Crippen molar-refractivity contribution in [2.45, 2.75) is 27.2 Å². The molecule has 0 bridgehead atoms. The van der Waals surface area contributed by atoms with E-state index in [4.69, 9.17) is 0 Å². The molecule has 1 aliphatic heterocycles. The van der Waals surface area contributed by atoms with Gasteiger partial charge in [0.15, 0.2) is 0 Å². The minimum absolute atomic E-state index is 0.883. The first kappa shape index (κ1) is 9.13. The zero-order valence-electron chi connectivity index (χ0n) is 8.83. The van der Waals surface area contributed by atoms with E-state index in [0.29, 0.717) is 0 Å². The Balaban J connectivity index is 2.61. The average Bonchev–Trinajstić information content (AvgIpc) is 2.21. The van der Waals surface area contributed by atoms with Gasteiger partial charge in [0.2, 0.25) is 0 Å². The number of aryl methyl sites for hydroxylation is 1. The molecule has 0 aromatic heterocycles. The lowest BCUT2D eigenvalue weighted by atomic mass is 10.2. The largest absolute Gasteiger partial charge is 0.255 e. The maximum absolute atomic E-state index is 4.55. The SMILES string of the molecule is CC1=Nc2ccc(C)cc2N=C(C)C1. The van der Waals surface area contributed by atoms with Crippen LogP contribution < -0.4 is 0 Å². The van der Waals surface area contributed by atoms with Crippen LogP contribution in [0, 0.1) is 6.92 Å². The Bertz CT molecular complexity index is 428. The second-order valence-electron chi connectivity index (χ2n) is 3.86. The van der Waals surface area contributed by atoms with Crippen molar-refractivity contribution >= 4 is 22.8 Å². The van der Waals surface area contributed by atoms with Gasteiger partial charge in [0.05, 0.1) is 11.4 Å². The van der Waals surface area contributed by atoms with Crippen LogP contribution in [0.2, 0.25) is 0 Å². The fourth-order valence-corrected chi connectivity index (χ4v) is 1.68. The molecule has 0 fully saturated rings. The van der Waals surface area contributed by atoms with E-state index in [1.165, 1.54) is 5.56 Å². The lowest BCUT2D eigenvalue weighted by molar-refractivity contribution is 1.39. The molecule has 1 heterocycles. The molecule has 2 heteroatoms. The molecule has 0 atom stereocenters. The third-order valence-corrected chi connectivity index (χ3v) is 2.27. The highest BCUT2D eigenvalue weighted by atomic mass is 14.9. The summed E-state index contributed by atoms with van der Waals surface area (Å²) in [5.41, 5.74) is 5.49. The first-order valence-electron chi connectivity index (χ1n) is 4.84. The highest BCUT2D eigenvalue weighted by Crippen LogP contribution is 2.31. The molecule has 0 radical (unpaired) electrons. The Hall–Kier alpha value is -1.44. The summed E-state index contributed by atoms with van der Waals surface area (Å²) in [4.78, 5) is 9.09. The summed E-state index contributed by atoms with van der Waals surface area (Å²) in [5.74, 6) is 0. The Morgan fingerprint density at radius 1 is 0.929 bits per heavy atom. The molecule has 0 N–H and O–H groups in total. The second-order valence-corrected chi connectivity index (χ2v) is 3.86. The van der Waals surface area contributed by atoms with Gasteiger partial charge in [-0.25, -0.2) is 0 Å². The summed E-state index contributed by atoms with van der Waals surface area (Å²) >= 11 is 0. The van der Waals surface area contributed by atoms with Crippen LogP contribution in [0.25, 0.3) is 0 Å². The topological polar surface area (TPSA) is 24.7 Å². The quantitative estimate of drug-likeness (QED) is 0.591. The highest BCUT2D eigenvalue weighted by Gasteiger charge is 2.07. The number of fused-ring (bicyclic) bond motifs is 1. The molecule has 0 amide bonds. The molecule has 1 aromatic rings. The van der Waals surface area contributed by atoms with Crippen LogP contribution in [0.5, 0.6) is 0 Å². The second kappa shape index (κ2) is 3.37. The van der Waals surface area contributed by atoms with E-state index in [0.717, 1.165) is 29.2 Å². The lowest BCUT2D eigenvalue weighted by Crippen LogP contribution is -1.97. The van der Waals surface area contributed by atoms with Crippen LogP contribution in [0.1, 0.15) is 25.8 Å². The molecule has 2 nitrogen and oxygen atoms in total. The third kappa shape index (κ3) is 1.74. The standard InChI is InChI=1S/C12H14N2/c1-8-4-5-11-12(6-8)14-10(3)7-9(2)13-11/h4-6H,7H2,1-3H3. The van der Waals surface area contributed by atoms with Gasteiger partial charge >= 0.3 is 0 Å². The Morgan fingerprint density at radius 2 is 1.57 bits per heavy atom. The van der Waals surface area contributed by atoms with Crippen molar-refractivity contribution in [1.29, 1.82) is 0 Å². The van der Waals surface area contributed by atoms with Crippen molar-refractivity contribution in [2.75, 3.05) is 0 Å². The zero-order valence-corrected chi connectivity index (χ0v) is 8.83. The van der Waals surface area contributed by atoms with E-state index in [2.05, 4.69) is 36.0 Å². The maximum Gasteiger partial charge on any atom is 0.0888 e. The van der Waals surface area contributed by atoms with Gasteiger partial charge in [-0.2, -0.15) is 0 Å². The Kier molecular flexibility index (Phi) is 2.20. The number of hydrogen-bond acceptors (Lipinski definition) is 2. The molecule has 0 aliphatic carbocycles. The molecule has 72 valence electrons. The van der Waals surface area contributed by atoms with Crippen molar-refractivity contribution in [3.63, 3.8) is 0 Å². The Labute approximate surface area is 84.4 Å². The zero-order chi connectivity index (χ0) is 10.1. The van der Waals surface area contributed by atoms with Crippen molar-refractivity contribution in [2.24, 2.45) is 9.98 Å². The predicted molar refractivity (Wildman–Crippen MR) is 61.3 cm³/mol. The molecule has 0 spiro atoms. The van der Waals surface area contributed by atoms with E-state index in [-0.39, 0.29) is 0 Å². The monoisotopic (exact) mass is 186 g/mol. The first-order chi connectivity index (χ1) is 6.65. The minimum Gasteiger partial charge on any atom is -0.255 e. The number of aliphatic imine (C=N–C) groups is 2. The number of nitrogens with zero attached hydrogens (tertiary/aromatic N) is 2. The number of rotatable bonds is 0. The van der Waals surface area contributed by atoms with Crippen LogP contribution in [0.15, 0.2) is 28.2 Å². The summed E-state index contributed by atoms with van der Waals surface area (Å²) in [6, 6.07) is 6.20. The van der Waals surface area contributed by atoms with E-state index in [9.17, 15) is 0 Å². The fraction of sp³-hybridized carbons (Fsp3) is 0.333. The summed E-state index contributed by atoms with van der Waals surface area (Å²) in [6.45, 7) is 6.18. The number of hydrogen-bond donors (Lipinski definition) is 0. The Morgan fingerprint density at radius 3 is 2.29 bits per heavy atom. The third-order valence-electron chi connectivity index (χ3n) is 2.27. The molecule has 0 saturated carbocycles. The van der Waals surface area contributed by atoms with Crippen LogP contribution in [-0.2, 0) is 0 Å². The van der Waals surface area contributed by atoms with E-state index in [1.54, 1.807) is 0 Å². The van der Waals surface area contributed by atoms with Crippen molar-refractivity contribution < 1.29 is 0 Å². The van der Waals surface area contributed by atoms with Gasteiger partial charge in [-0.15, -0.1) is 0 Å². The van der Waals surface area contributed by atoms with Gasteiger partial charge in [-0.1, -0.05) is 6.07 Å². The van der Waals surface area contributed by atoms with Gasteiger partial charge in [0.1, 0.15) is 0 Å². The van der Waals surface area contributed by atoms with Gasteiger partial charge < -0.3 is 0 Å². The van der Waals surface area contributed by atoms with Gasteiger partial charge in [0.25, 0.3) is 0 Å². The van der Waals surface area contributed by atoms with E-state index < -0.39 is 0 Å². The summed E-state index contributed by atoms with van der Waals surface area (Å²) in [7, 11) is 0. The van der Waals surface area contributed by atoms with Gasteiger partial charge in [0, 0.05) is 17.8 Å².